The van der Waals surface area contributed by atoms with Gasteiger partial charge in [-0.25, -0.2) is 4.79 Å². The lowest BCUT2D eigenvalue weighted by Crippen LogP contribution is -2.37. The van der Waals surface area contributed by atoms with E-state index in [1.165, 1.54) is 0 Å². The number of benzene rings is 1. The number of primary amides is 1. The first-order valence-corrected chi connectivity index (χ1v) is 6.51. The van der Waals surface area contributed by atoms with Crippen LogP contribution in [0, 0.1) is 5.41 Å². The molecule has 6 nitrogen and oxygen atoms in total. The Balaban J connectivity index is 0.00000361. The van der Waals surface area contributed by atoms with Gasteiger partial charge in [-0.3, -0.25) is 10.1 Å². The van der Waals surface area contributed by atoms with Gasteiger partial charge in [0.15, 0.2) is 5.17 Å². The fourth-order valence-corrected chi connectivity index (χ4v) is 1.73. The fourth-order valence-electron chi connectivity index (χ4n) is 1.24. The van der Waals surface area contributed by atoms with Crippen molar-refractivity contribution in [1.29, 1.82) is 5.41 Å². The molecule has 0 saturated heterocycles. The Bertz CT molecular complexity index is 433. The molecule has 0 radical (unpaired) electrons. The summed E-state index contributed by atoms with van der Waals surface area (Å²) >= 11 is 0.847. The monoisotopic (exact) mass is 318 g/mol. The Morgan fingerprint density at radius 3 is 2.65 bits per heavy atom. The summed E-state index contributed by atoms with van der Waals surface area (Å²) in [7, 11) is 1.72. The number of carbonyl (C=O) groups is 1. The molecule has 0 aliphatic carbocycles. The predicted molar refractivity (Wildman–Crippen MR) is 83.7 cm³/mol. The first-order chi connectivity index (χ1) is 9.00. The van der Waals surface area contributed by atoms with Gasteiger partial charge in [0.05, 0.1) is 6.61 Å². The summed E-state index contributed by atoms with van der Waals surface area (Å²) in [4.78, 5) is 12.2. The van der Waals surface area contributed by atoms with Crippen LogP contribution >= 0.6 is 24.4 Å². The van der Waals surface area contributed by atoms with E-state index in [0.29, 0.717) is 6.61 Å². The Labute approximate surface area is 129 Å². The second kappa shape index (κ2) is 9.46. The molecular weight excluding hydrogens is 300 g/mol. The minimum absolute atomic E-state index is 0. The van der Waals surface area contributed by atoms with Crippen molar-refractivity contribution < 1.29 is 9.53 Å². The van der Waals surface area contributed by atoms with Crippen molar-refractivity contribution in [2.45, 2.75) is 19.8 Å². The molecule has 1 unspecified atom stereocenters. The highest BCUT2D eigenvalue weighted by Crippen LogP contribution is 2.09. The molecule has 1 aromatic rings. The summed E-state index contributed by atoms with van der Waals surface area (Å²) in [6, 6.07) is 9.11. The van der Waals surface area contributed by atoms with Crippen molar-refractivity contribution in [1.82, 2.24) is 9.62 Å². The number of rotatable bonds is 4. The van der Waals surface area contributed by atoms with E-state index in [4.69, 9.17) is 15.9 Å². The van der Waals surface area contributed by atoms with Crippen LogP contribution in [0.15, 0.2) is 30.3 Å². The number of urea groups is 1. The highest BCUT2D eigenvalue weighted by molar-refractivity contribution is 8.12. The standard InChI is InChI=1S/C12H18N4O2S.ClH/c1-9(16(2)12(14)19-15-11(13)17)18-8-10-6-4-3-5-7-10;/h3-7,9,14H,8H2,1-2H3,(H3,13,15,17);1H. The van der Waals surface area contributed by atoms with Gasteiger partial charge in [0, 0.05) is 19.0 Å². The second-order valence-corrected chi connectivity index (χ2v) is 4.68. The van der Waals surface area contributed by atoms with E-state index in [-0.39, 0.29) is 23.8 Å². The summed E-state index contributed by atoms with van der Waals surface area (Å²) in [6.07, 6.45) is -0.283. The highest BCUT2D eigenvalue weighted by atomic mass is 35.5. The van der Waals surface area contributed by atoms with E-state index in [1.54, 1.807) is 11.9 Å². The van der Waals surface area contributed by atoms with Gasteiger partial charge >= 0.3 is 6.03 Å². The molecule has 1 atom stereocenters. The van der Waals surface area contributed by atoms with E-state index in [1.807, 2.05) is 37.3 Å². The molecule has 1 rings (SSSR count). The number of amidine groups is 1. The number of carbonyl (C=O) groups excluding carboxylic acids is 1. The van der Waals surface area contributed by atoms with Crippen molar-refractivity contribution in [3.63, 3.8) is 0 Å². The fraction of sp³-hybridized carbons (Fsp3) is 0.333. The maximum Gasteiger partial charge on any atom is 0.322 e. The highest BCUT2D eigenvalue weighted by Gasteiger charge is 2.14. The summed E-state index contributed by atoms with van der Waals surface area (Å²) in [5.41, 5.74) is 6.00. The first-order valence-electron chi connectivity index (χ1n) is 5.70. The van der Waals surface area contributed by atoms with Gasteiger partial charge in [-0.05, 0) is 12.5 Å². The largest absolute Gasteiger partial charge is 0.354 e. The van der Waals surface area contributed by atoms with Gasteiger partial charge in [0.2, 0.25) is 0 Å². The van der Waals surface area contributed by atoms with Gasteiger partial charge < -0.3 is 15.4 Å². The van der Waals surface area contributed by atoms with Gasteiger partial charge in [-0.2, -0.15) is 0 Å². The summed E-state index contributed by atoms with van der Waals surface area (Å²) in [6.45, 7) is 2.30. The van der Waals surface area contributed by atoms with Crippen molar-refractivity contribution in [2.24, 2.45) is 5.73 Å². The van der Waals surface area contributed by atoms with E-state index >= 15 is 0 Å². The van der Waals surface area contributed by atoms with Crippen molar-refractivity contribution in [2.75, 3.05) is 7.05 Å². The summed E-state index contributed by atoms with van der Waals surface area (Å²) < 4.78 is 7.93. The zero-order chi connectivity index (χ0) is 14.3. The minimum atomic E-state index is -0.680. The molecule has 0 aliphatic heterocycles. The number of hydrogen-bond acceptors (Lipinski definition) is 4. The third kappa shape index (κ3) is 6.65. The van der Waals surface area contributed by atoms with Crippen LogP contribution in [-0.4, -0.2) is 29.4 Å². The predicted octanol–water partition coefficient (Wildman–Crippen LogP) is 2.15. The molecule has 0 spiro atoms. The van der Waals surface area contributed by atoms with E-state index in [0.717, 1.165) is 17.5 Å². The molecule has 0 fully saturated rings. The second-order valence-electron chi connectivity index (χ2n) is 3.88. The smallest absolute Gasteiger partial charge is 0.322 e. The molecular formula is C12H19ClN4O2S. The number of nitrogens with one attached hydrogen (secondary N) is 2. The molecule has 0 aromatic heterocycles. The van der Waals surface area contributed by atoms with Crippen LogP contribution in [0.1, 0.15) is 12.5 Å². The Morgan fingerprint density at radius 1 is 1.50 bits per heavy atom. The third-order valence-electron chi connectivity index (χ3n) is 2.45. The van der Waals surface area contributed by atoms with Crippen LogP contribution in [0.2, 0.25) is 0 Å². The van der Waals surface area contributed by atoms with Crippen molar-refractivity contribution >= 4 is 35.6 Å². The molecule has 1 aromatic carbocycles. The summed E-state index contributed by atoms with van der Waals surface area (Å²) in [5, 5.41) is 7.89. The van der Waals surface area contributed by atoms with Crippen LogP contribution < -0.4 is 10.5 Å². The van der Waals surface area contributed by atoms with E-state index in [9.17, 15) is 4.79 Å². The van der Waals surface area contributed by atoms with Gasteiger partial charge in [-0.15, -0.1) is 12.4 Å². The molecule has 0 saturated carbocycles. The minimum Gasteiger partial charge on any atom is -0.354 e. The zero-order valence-corrected chi connectivity index (χ0v) is 13.0. The van der Waals surface area contributed by atoms with Crippen LogP contribution in [0.5, 0.6) is 0 Å². The van der Waals surface area contributed by atoms with Gasteiger partial charge in [-0.1, -0.05) is 30.3 Å². The molecule has 0 aliphatic rings. The lowest BCUT2D eigenvalue weighted by Gasteiger charge is -2.26. The van der Waals surface area contributed by atoms with Crippen molar-refractivity contribution in [3.05, 3.63) is 35.9 Å². The number of amides is 2. The maximum atomic E-state index is 10.6. The number of nitrogens with two attached hydrogens (primary N) is 1. The van der Waals surface area contributed by atoms with Crippen LogP contribution in [0.3, 0.4) is 0 Å². The Kier molecular flexibility index (Phi) is 8.78. The first kappa shape index (κ1) is 18.6. The lowest BCUT2D eigenvalue weighted by atomic mass is 10.2. The normalized spacial score (nSPS) is 11.1. The molecule has 20 heavy (non-hydrogen) atoms. The van der Waals surface area contributed by atoms with E-state index in [2.05, 4.69) is 4.72 Å². The molecule has 2 amide bonds. The molecule has 0 heterocycles. The number of hydrogen-bond donors (Lipinski definition) is 3. The molecule has 0 bridgehead atoms. The zero-order valence-electron chi connectivity index (χ0n) is 11.3. The lowest BCUT2D eigenvalue weighted by molar-refractivity contribution is -0.0129. The van der Waals surface area contributed by atoms with Crippen LogP contribution in [0.25, 0.3) is 0 Å². The molecule has 112 valence electrons. The number of nitrogens with zero attached hydrogens (tertiary/aromatic N) is 1. The van der Waals surface area contributed by atoms with E-state index < -0.39 is 6.03 Å². The third-order valence-corrected chi connectivity index (χ3v) is 3.23. The average Bonchev–Trinajstić information content (AvgIpc) is 2.42. The number of ether oxygens (including phenoxy) is 1. The van der Waals surface area contributed by atoms with Gasteiger partial charge in [0.1, 0.15) is 6.23 Å². The molecule has 8 heteroatoms. The topological polar surface area (TPSA) is 91.4 Å². The molecule has 4 N–H and O–H groups in total. The van der Waals surface area contributed by atoms with Crippen LogP contribution in [-0.2, 0) is 11.3 Å². The maximum absolute atomic E-state index is 10.6. The summed E-state index contributed by atoms with van der Waals surface area (Å²) in [5.74, 6) is 0. The quantitative estimate of drug-likeness (QED) is 0.343. The number of halogens is 1. The van der Waals surface area contributed by atoms with Gasteiger partial charge in [0.25, 0.3) is 0 Å². The van der Waals surface area contributed by atoms with Crippen molar-refractivity contribution in [3.8, 4) is 0 Å². The average molecular weight is 319 g/mol. The Morgan fingerprint density at radius 2 is 2.10 bits per heavy atom. The van der Waals surface area contributed by atoms with Crippen LogP contribution in [0.4, 0.5) is 4.79 Å². The Hall–Kier alpha value is -1.44. The SMILES string of the molecule is CC(OCc1ccccc1)N(C)C(=N)SNC(N)=O.Cl.